The summed E-state index contributed by atoms with van der Waals surface area (Å²) in [5.74, 6) is 0.116. The van der Waals surface area contributed by atoms with Gasteiger partial charge in [-0.15, -0.1) is 0 Å². The first-order chi connectivity index (χ1) is 26.7. The molecule has 0 saturated carbocycles. The van der Waals surface area contributed by atoms with E-state index < -0.39 is 0 Å². The highest BCUT2D eigenvalue weighted by molar-refractivity contribution is 5.76. The highest BCUT2D eigenvalue weighted by atomic mass is 16.5. The number of nitrogens with one attached hydrogen (secondary N) is 2. The highest BCUT2D eigenvalue weighted by Gasteiger charge is 2.06. The van der Waals surface area contributed by atoms with Gasteiger partial charge < -0.3 is 25.2 Å². The third-order valence-electron chi connectivity index (χ3n) is 9.37. The molecule has 0 spiro atoms. The van der Waals surface area contributed by atoms with Gasteiger partial charge in [-0.05, 0) is 72.2 Å². The zero-order chi connectivity index (χ0) is 39.1. The Morgan fingerprint density at radius 1 is 0.509 bits per heavy atom. The Hall–Kier alpha value is -5.28. The Bertz CT molecular complexity index is 1620. The van der Waals surface area contributed by atoms with Crippen molar-refractivity contribution in [2.75, 3.05) is 64.3 Å². The summed E-state index contributed by atoms with van der Waals surface area (Å²) >= 11 is 0. The molecular weight excluding hydrogens is 685 g/mol. The summed E-state index contributed by atoms with van der Waals surface area (Å²) in [6, 6.07) is 25.5. The van der Waals surface area contributed by atoms with Crippen molar-refractivity contribution in [2.24, 2.45) is 0 Å². The van der Waals surface area contributed by atoms with E-state index in [-0.39, 0.29) is 11.8 Å². The van der Waals surface area contributed by atoms with Crippen LogP contribution >= 0.6 is 0 Å². The molecule has 2 N–H and O–H groups in total. The number of ether oxygens (including phenoxy) is 1. The number of aryl methyl sites for hydroxylation is 2. The van der Waals surface area contributed by atoms with Gasteiger partial charge >= 0.3 is 0 Å². The summed E-state index contributed by atoms with van der Waals surface area (Å²) in [7, 11) is 8.18. The molecule has 2 aromatic heterocycles. The lowest BCUT2D eigenvalue weighted by Gasteiger charge is -2.11. The van der Waals surface area contributed by atoms with Crippen LogP contribution in [-0.2, 0) is 27.4 Å². The number of carbonyl (C=O) groups is 2. The first-order valence-corrected chi connectivity index (χ1v) is 19.8. The van der Waals surface area contributed by atoms with Gasteiger partial charge in [0.2, 0.25) is 11.8 Å². The van der Waals surface area contributed by atoms with E-state index in [9.17, 15) is 9.59 Å². The van der Waals surface area contributed by atoms with Crippen LogP contribution in [0.1, 0.15) is 73.6 Å². The molecule has 0 aliphatic heterocycles. The fourth-order valence-electron chi connectivity index (χ4n) is 5.93. The third-order valence-corrected chi connectivity index (χ3v) is 9.37. The molecule has 4 aromatic rings. The molecule has 0 radical (unpaired) electrons. The number of rotatable bonds is 24. The van der Waals surface area contributed by atoms with Crippen molar-refractivity contribution < 1.29 is 23.5 Å². The molecule has 0 atom stereocenters. The van der Waals surface area contributed by atoms with Crippen molar-refractivity contribution in [2.45, 2.75) is 64.5 Å². The molecule has 9 heteroatoms. The molecule has 0 bridgehead atoms. The second-order valence-electron chi connectivity index (χ2n) is 14.3. The van der Waals surface area contributed by atoms with Crippen LogP contribution in [0, 0.1) is 0 Å². The number of pyridine rings is 2. The molecule has 2 aromatic carbocycles. The van der Waals surface area contributed by atoms with Crippen molar-refractivity contribution in [3.63, 3.8) is 0 Å². The summed E-state index contributed by atoms with van der Waals surface area (Å²) in [4.78, 5) is 28.6. The zero-order valence-corrected chi connectivity index (χ0v) is 33.5. The van der Waals surface area contributed by atoms with Crippen LogP contribution < -0.4 is 29.6 Å². The van der Waals surface area contributed by atoms with E-state index in [4.69, 9.17) is 4.74 Å². The maximum Gasteiger partial charge on any atom is 0.220 e. The number of aromatic nitrogens is 2. The number of benzene rings is 2. The Morgan fingerprint density at radius 3 is 1.20 bits per heavy atom. The molecule has 2 heterocycles. The monoisotopic (exact) mass is 746 g/mol. The van der Waals surface area contributed by atoms with E-state index in [2.05, 4.69) is 151 Å². The SMILES string of the molecule is CN(C)c1ccc(C=Cc2cc[n+](CCCCCC(=O)NCCOCCNC(=O)CCCCC[n+]3ccc(C=Cc4ccc(N(C)C)cc4)cc3)cc2)cc1. The van der Waals surface area contributed by atoms with Crippen molar-refractivity contribution in [3.8, 4) is 0 Å². The topological polar surface area (TPSA) is 81.7 Å². The van der Waals surface area contributed by atoms with Gasteiger partial charge in [0, 0.05) is 103 Å². The first kappa shape index (κ1) is 42.5. The number of hydrogen-bond donors (Lipinski definition) is 2. The minimum atomic E-state index is 0.0578. The molecule has 0 aliphatic carbocycles. The Morgan fingerprint density at radius 2 is 0.855 bits per heavy atom. The lowest BCUT2D eigenvalue weighted by molar-refractivity contribution is -0.697. The Labute approximate surface area is 329 Å². The van der Waals surface area contributed by atoms with Crippen LogP contribution in [0.3, 0.4) is 0 Å². The van der Waals surface area contributed by atoms with Gasteiger partial charge in [0.15, 0.2) is 24.8 Å². The molecule has 55 heavy (non-hydrogen) atoms. The van der Waals surface area contributed by atoms with Gasteiger partial charge in [-0.2, -0.15) is 0 Å². The smallest absolute Gasteiger partial charge is 0.220 e. The average Bonchev–Trinajstić information content (AvgIpc) is 3.19. The minimum Gasteiger partial charge on any atom is -0.378 e. The van der Waals surface area contributed by atoms with E-state index in [0.29, 0.717) is 39.1 Å². The van der Waals surface area contributed by atoms with Crippen LogP contribution in [-0.4, -0.2) is 66.3 Å². The van der Waals surface area contributed by atoms with Crippen molar-refractivity contribution in [3.05, 3.63) is 120 Å². The lowest BCUT2D eigenvalue weighted by Crippen LogP contribution is -2.32. The largest absolute Gasteiger partial charge is 0.378 e. The summed E-state index contributed by atoms with van der Waals surface area (Å²) < 4.78 is 9.97. The standard InChI is InChI=1S/C46H60N6O3/c1-49(2)43-21-17-39(18-22-43)13-15-41-25-33-51(34-26-41)31-9-5-7-11-45(53)47-29-37-55-38-30-48-46(54)12-8-6-10-32-52-35-27-42(28-36-52)16-14-40-19-23-44(24-20-40)50(3)4/h13-28,33-36H,5-12,29-32,37-38H2,1-4H3/p+2. The predicted octanol–water partition coefficient (Wildman–Crippen LogP) is 6.80. The van der Waals surface area contributed by atoms with Crippen molar-refractivity contribution in [1.82, 2.24) is 10.6 Å². The van der Waals surface area contributed by atoms with Crippen LogP contribution in [0.25, 0.3) is 24.3 Å². The second kappa shape index (κ2) is 24.2. The maximum absolute atomic E-state index is 12.2. The molecule has 0 aliphatic rings. The average molecular weight is 747 g/mol. The van der Waals surface area contributed by atoms with E-state index in [0.717, 1.165) is 51.6 Å². The molecule has 292 valence electrons. The fraction of sp³-hybridized carbons (Fsp3) is 0.391. The Balaban J connectivity index is 0.929. The van der Waals surface area contributed by atoms with Gasteiger partial charge in [0.05, 0.1) is 13.2 Å². The molecule has 0 unspecified atom stereocenters. The number of carbonyl (C=O) groups excluding carboxylic acids is 2. The van der Waals surface area contributed by atoms with Gasteiger partial charge in [0.1, 0.15) is 13.1 Å². The fourth-order valence-corrected chi connectivity index (χ4v) is 5.93. The van der Waals surface area contributed by atoms with Crippen LogP contribution in [0.2, 0.25) is 0 Å². The lowest BCUT2D eigenvalue weighted by atomic mass is 10.1. The van der Waals surface area contributed by atoms with Crippen molar-refractivity contribution >= 4 is 47.5 Å². The van der Waals surface area contributed by atoms with E-state index in [1.807, 2.05) is 28.2 Å². The summed E-state index contributed by atoms with van der Waals surface area (Å²) in [5.41, 5.74) is 7.08. The second-order valence-corrected chi connectivity index (χ2v) is 14.3. The van der Waals surface area contributed by atoms with Crippen LogP contribution in [0.15, 0.2) is 97.6 Å². The number of nitrogens with zero attached hydrogens (tertiary/aromatic N) is 4. The Kier molecular flexibility index (Phi) is 18.7. The molecule has 9 nitrogen and oxygen atoms in total. The van der Waals surface area contributed by atoms with E-state index >= 15 is 0 Å². The van der Waals surface area contributed by atoms with Gasteiger partial charge in [-0.3, -0.25) is 9.59 Å². The van der Waals surface area contributed by atoms with Crippen molar-refractivity contribution in [1.29, 1.82) is 0 Å². The van der Waals surface area contributed by atoms with Gasteiger partial charge in [-0.25, -0.2) is 9.13 Å². The van der Waals surface area contributed by atoms with E-state index in [1.165, 1.54) is 33.6 Å². The van der Waals surface area contributed by atoms with E-state index in [1.54, 1.807) is 0 Å². The normalized spacial score (nSPS) is 11.3. The molecule has 0 saturated heterocycles. The van der Waals surface area contributed by atoms with Crippen LogP contribution in [0.4, 0.5) is 11.4 Å². The quantitative estimate of drug-likeness (QED) is 0.0609. The zero-order valence-electron chi connectivity index (χ0n) is 33.5. The summed E-state index contributed by atoms with van der Waals surface area (Å²) in [6.07, 6.45) is 23.8. The highest BCUT2D eigenvalue weighted by Crippen LogP contribution is 2.16. The molecule has 2 amide bonds. The summed E-state index contributed by atoms with van der Waals surface area (Å²) in [5, 5.41) is 5.86. The number of anilines is 2. The maximum atomic E-state index is 12.2. The molecule has 4 rings (SSSR count). The summed E-state index contributed by atoms with van der Waals surface area (Å²) in [6.45, 7) is 3.70. The van der Waals surface area contributed by atoms with Gasteiger partial charge in [0.25, 0.3) is 0 Å². The number of amides is 2. The molecule has 0 fully saturated rings. The first-order valence-electron chi connectivity index (χ1n) is 19.8. The molecular formula is C46H62N6O3+2. The van der Waals surface area contributed by atoms with Crippen LogP contribution in [0.5, 0.6) is 0 Å². The van der Waals surface area contributed by atoms with Gasteiger partial charge in [-0.1, -0.05) is 48.6 Å². The minimum absolute atomic E-state index is 0.0578. The third kappa shape index (κ3) is 17.2. The predicted molar refractivity (Wildman–Crippen MR) is 226 cm³/mol. The number of unbranched alkanes of at least 4 members (excludes halogenated alkanes) is 4. The number of hydrogen-bond acceptors (Lipinski definition) is 5.